The zero-order valence-electron chi connectivity index (χ0n) is 15.3. The second-order valence-corrected chi connectivity index (χ2v) is 6.50. The van der Waals surface area contributed by atoms with Crippen LogP contribution in [0.4, 0.5) is 13.2 Å². The summed E-state index contributed by atoms with van der Waals surface area (Å²) in [5.41, 5.74) is 6.32. The number of halogens is 3. The van der Waals surface area contributed by atoms with Crippen molar-refractivity contribution < 1.29 is 22.6 Å². The maximum absolute atomic E-state index is 14.4. The number of aliphatic imine (C=N–C) groups is 1. The van der Waals surface area contributed by atoms with Crippen LogP contribution in [0.2, 0.25) is 0 Å². The predicted molar refractivity (Wildman–Crippen MR) is 101 cm³/mol. The Hall–Kier alpha value is -3.55. The van der Waals surface area contributed by atoms with Crippen LogP contribution in [0.25, 0.3) is 11.1 Å². The Morgan fingerprint density at radius 1 is 1.03 bits per heavy atom. The smallest absolute Gasteiger partial charge is 0.283 e. The van der Waals surface area contributed by atoms with Gasteiger partial charge in [0.2, 0.25) is 11.9 Å². The topological polar surface area (TPSA) is 69.7 Å². The standard InChI is InChI=1S/C21H16F3N3O2/c1-28-17-7-5-14(10-16(17)22)21(11-29-20(25)27-21)13-4-2-3-12(9-13)15-6-8-18(23)26-19(15)24/h2-10H,11H2,1H3,(H2,25,27). The Bertz CT molecular complexity index is 1120. The van der Waals surface area contributed by atoms with Crippen molar-refractivity contribution in [3.63, 3.8) is 0 Å². The van der Waals surface area contributed by atoms with Crippen LogP contribution in [0.1, 0.15) is 11.1 Å². The molecule has 3 aromatic rings. The lowest BCUT2D eigenvalue weighted by Crippen LogP contribution is -2.27. The fraction of sp³-hybridized carbons (Fsp3) is 0.143. The number of nitrogens with zero attached hydrogens (tertiary/aromatic N) is 2. The Labute approximate surface area is 164 Å². The highest BCUT2D eigenvalue weighted by Gasteiger charge is 2.40. The van der Waals surface area contributed by atoms with Crippen LogP contribution in [0, 0.1) is 17.7 Å². The lowest BCUT2D eigenvalue weighted by molar-refractivity contribution is 0.278. The molecule has 148 valence electrons. The first-order valence-electron chi connectivity index (χ1n) is 8.68. The normalized spacial score (nSPS) is 18.3. The molecule has 29 heavy (non-hydrogen) atoms. The fourth-order valence-electron chi connectivity index (χ4n) is 3.39. The third-order valence-corrected chi connectivity index (χ3v) is 4.83. The van der Waals surface area contributed by atoms with Gasteiger partial charge in [-0.2, -0.15) is 13.8 Å². The Morgan fingerprint density at radius 3 is 2.48 bits per heavy atom. The van der Waals surface area contributed by atoms with Crippen LogP contribution in [0.5, 0.6) is 5.75 Å². The molecule has 1 aliphatic rings. The van der Waals surface area contributed by atoms with Crippen molar-refractivity contribution in [2.75, 3.05) is 13.7 Å². The van der Waals surface area contributed by atoms with Crippen molar-refractivity contribution in [3.8, 4) is 16.9 Å². The first-order chi connectivity index (χ1) is 13.9. The number of ether oxygens (including phenoxy) is 2. The van der Waals surface area contributed by atoms with Gasteiger partial charge in [-0.3, -0.25) is 0 Å². The Kier molecular flexibility index (Phi) is 4.62. The van der Waals surface area contributed by atoms with Gasteiger partial charge in [0.25, 0.3) is 6.02 Å². The number of nitrogens with two attached hydrogens (primary N) is 1. The summed E-state index contributed by atoms with van der Waals surface area (Å²) in [5.74, 6) is -2.31. The fourth-order valence-corrected chi connectivity index (χ4v) is 3.39. The SMILES string of the molecule is COc1ccc(C2(c3cccc(-c4ccc(F)nc4F)c3)COC(N)=N2)cc1F. The molecule has 2 heterocycles. The van der Waals surface area contributed by atoms with E-state index in [1.807, 2.05) is 0 Å². The van der Waals surface area contributed by atoms with Gasteiger partial charge in [0, 0.05) is 5.56 Å². The highest BCUT2D eigenvalue weighted by molar-refractivity contribution is 5.76. The summed E-state index contributed by atoms with van der Waals surface area (Å²) in [5, 5.41) is 0. The summed E-state index contributed by atoms with van der Waals surface area (Å²) >= 11 is 0. The van der Waals surface area contributed by atoms with Crippen molar-refractivity contribution in [3.05, 3.63) is 83.4 Å². The van der Waals surface area contributed by atoms with Crippen LogP contribution in [-0.4, -0.2) is 24.7 Å². The molecule has 8 heteroatoms. The largest absolute Gasteiger partial charge is 0.494 e. The van der Waals surface area contributed by atoms with Gasteiger partial charge in [-0.25, -0.2) is 9.38 Å². The van der Waals surface area contributed by atoms with E-state index >= 15 is 0 Å². The molecule has 0 amide bonds. The third-order valence-electron chi connectivity index (χ3n) is 4.83. The van der Waals surface area contributed by atoms with Gasteiger partial charge in [-0.15, -0.1) is 0 Å². The minimum absolute atomic E-state index is 0.0399. The number of pyridine rings is 1. The summed E-state index contributed by atoms with van der Waals surface area (Å²) in [6.45, 7) is 0.0399. The second kappa shape index (κ2) is 7.12. The maximum atomic E-state index is 14.4. The number of benzene rings is 2. The van der Waals surface area contributed by atoms with Crippen molar-refractivity contribution >= 4 is 6.02 Å². The van der Waals surface area contributed by atoms with Gasteiger partial charge in [-0.1, -0.05) is 24.3 Å². The predicted octanol–water partition coefficient (Wildman–Crippen LogP) is 3.76. The first kappa shape index (κ1) is 18.8. The van der Waals surface area contributed by atoms with Gasteiger partial charge >= 0.3 is 0 Å². The zero-order chi connectivity index (χ0) is 20.6. The lowest BCUT2D eigenvalue weighted by Gasteiger charge is -2.26. The lowest BCUT2D eigenvalue weighted by atomic mass is 9.83. The van der Waals surface area contributed by atoms with E-state index in [9.17, 15) is 13.2 Å². The van der Waals surface area contributed by atoms with E-state index in [0.717, 1.165) is 6.07 Å². The van der Waals surface area contributed by atoms with Crippen molar-refractivity contribution in [1.82, 2.24) is 4.98 Å². The number of aromatic nitrogens is 1. The van der Waals surface area contributed by atoms with Gasteiger partial charge in [-0.05, 0) is 47.0 Å². The molecule has 0 radical (unpaired) electrons. The minimum Gasteiger partial charge on any atom is -0.494 e. The number of hydrogen-bond acceptors (Lipinski definition) is 5. The number of rotatable bonds is 4. The summed E-state index contributed by atoms with van der Waals surface area (Å²) in [6, 6.07) is 13.6. The number of hydrogen-bond donors (Lipinski definition) is 1. The van der Waals surface area contributed by atoms with E-state index in [4.69, 9.17) is 15.2 Å². The summed E-state index contributed by atoms with van der Waals surface area (Å²) in [7, 11) is 1.37. The molecule has 1 aliphatic heterocycles. The van der Waals surface area contributed by atoms with E-state index in [1.54, 1.807) is 30.3 Å². The molecule has 0 fully saturated rings. The second-order valence-electron chi connectivity index (χ2n) is 6.50. The van der Waals surface area contributed by atoms with Gasteiger partial charge in [0.05, 0.1) is 7.11 Å². The van der Waals surface area contributed by atoms with Crippen LogP contribution in [-0.2, 0) is 10.3 Å². The Balaban J connectivity index is 1.86. The number of amidine groups is 1. The average molecular weight is 399 g/mol. The monoisotopic (exact) mass is 399 g/mol. The van der Waals surface area contributed by atoms with Gasteiger partial charge in [0.15, 0.2) is 17.1 Å². The molecule has 2 N–H and O–H groups in total. The van der Waals surface area contributed by atoms with Crippen molar-refractivity contribution in [2.45, 2.75) is 5.54 Å². The molecule has 2 aromatic carbocycles. The average Bonchev–Trinajstić information content (AvgIpc) is 3.11. The van der Waals surface area contributed by atoms with Crippen LogP contribution < -0.4 is 10.5 Å². The molecule has 1 aromatic heterocycles. The molecule has 0 saturated carbocycles. The molecule has 4 rings (SSSR count). The molecule has 0 saturated heterocycles. The van der Waals surface area contributed by atoms with E-state index in [2.05, 4.69) is 9.98 Å². The van der Waals surface area contributed by atoms with E-state index in [0.29, 0.717) is 16.7 Å². The van der Waals surface area contributed by atoms with Crippen molar-refractivity contribution in [1.29, 1.82) is 0 Å². The third kappa shape index (κ3) is 3.26. The van der Waals surface area contributed by atoms with Gasteiger partial charge in [0.1, 0.15) is 6.61 Å². The molecular weight excluding hydrogens is 383 g/mol. The molecule has 0 spiro atoms. The highest BCUT2D eigenvalue weighted by atomic mass is 19.1. The van der Waals surface area contributed by atoms with E-state index in [1.165, 1.54) is 25.3 Å². The quantitative estimate of drug-likeness (QED) is 0.679. The van der Waals surface area contributed by atoms with E-state index < -0.39 is 23.3 Å². The highest BCUT2D eigenvalue weighted by Crippen LogP contribution is 2.40. The molecule has 1 unspecified atom stereocenters. The summed E-state index contributed by atoms with van der Waals surface area (Å²) < 4.78 is 52.1. The molecular formula is C21H16F3N3O2. The van der Waals surface area contributed by atoms with Crippen molar-refractivity contribution in [2.24, 2.45) is 10.7 Å². The molecule has 0 aliphatic carbocycles. The summed E-state index contributed by atoms with van der Waals surface area (Å²) in [6.07, 6.45) is 0. The van der Waals surface area contributed by atoms with Crippen LogP contribution in [0.15, 0.2) is 59.6 Å². The van der Waals surface area contributed by atoms with E-state index in [-0.39, 0.29) is 23.9 Å². The summed E-state index contributed by atoms with van der Waals surface area (Å²) in [4.78, 5) is 7.65. The first-order valence-corrected chi connectivity index (χ1v) is 8.68. The van der Waals surface area contributed by atoms with Crippen LogP contribution in [0.3, 0.4) is 0 Å². The molecule has 1 atom stereocenters. The Morgan fingerprint density at radius 2 is 1.83 bits per heavy atom. The van der Waals surface area contributed by atoms with Gasteiger partial charge < -0.3 is 15.2 Å². The maximum Gasteiger partial charge on any atom is 0.283 e. The van der Waals surface area contributed by atoms with Crippen LogP contribution >= 0.6 is 0 Å². The molecule has 5 nitrogen and oxygen atoms in total. The molecule has 0 bridgehead atoms. The number of methoxy groups -OCH3 is 1. The minimum atomic E-state index is -1.13. The zero-order valence-corrected chi connectivity index (χ0v) is 15.3.